The second-order valence-electron chi connectivity index (χ2n) is 7.23. The van der Waals surface area contributed by atoms with E-state index in [9.17, 15) is 5.11 Å². The zero-order valence-corrected chi connectivity index (χ0v) is 18.3. The van der Waals surface area contributed by atoms with Crippen LogP contribution < -0.4 is 4.74 Å². The molecule has 0 aliphatic carbocycles. The van der Waals surface area contributed by atoms with Crippen molar-refractivity contribution in [1.29, 1.82) is 0 Å². The second kappa shape index (κ2) is 12.3. The molecule has 0 saturated carbocycles. The van der Waals surface area contributed by atoms with Gasteiger partial charge in [0.2, 0.25) is 0 Å². The van der Waals surface area contributed by atoms with E-state index in [1.807, 2.05) is 12.1 Å². The molecule has 6 heteroatoms. The van der Waals surface area contributed by atoms with Gasteiger partial charge in [0.1, 0.15) is 18.5 Å². The molecule has 2 aromatic carbocycles. The lowest BCUT2D eigenvalue weighted by atomic mass is 10.1. The number of nitrogens with zero attached hydrogens (tertiary/aromatic N) is 2. The molecule has 1 unspecified atom stereocenters. The first-order valence-electron chi connectivity index (χ1n) is 9.47. The Bertz CT molecular complexity index is 692. The molecule has 0 aromatic heterocycles. The fourth-order valence-corrected chi connectivity index (χ4v) is 3.39. The molecule has 1 N–H and O–H groups in total. The van der Waals surface area contributed by atoms with Crippen molar-refractivity contribution in [3.05, 3.63) is 65.2 Å². The first kappa shape index (κ1) is 24.7. The van der Waals surface area contributed by atoms with E-state index in [4.69, 9.17) is 4.74 Å². The Morgan fingerprint density at radius 2 is 1.54 bits per heavy atom. The Kier molecular flexibility index (Phi) is 10.9. The van der Waals surface area contributed by atoms with Crippen molar-refractivity contribution in [2.75, 3.05) is 39.3 Å². The van der Waals surface area contributed by atoms with Crippen LogP contribution in [0, 0.1) is 13.8 Å². The predicted octanol–water partition coefficient (Wildman–Crippen LogP) is 3.70. The summed E-state index contributed by atoms with van der Waals surface area (Å²) in [5.74, 6) is 0.872. The minimum Gasteiger partial charge on any atom is -0.491 e. The van der Waals surface area contributed by atoms with Gasteiger partial charge in [0.15, 0.2) is 0 Å². The van der Waals surface area contributed by atoms with Crippen LogP contribution in [0.15, 0.2) is 48.5 Å². The number of aryl methyl sites for hydroxylation is 1. The number of benzene rings is 2. The maximum atomic E-state index is 10.3. The highest BCUT2D eigenvalue weighted by atomic mass is 35.5. The predicted molar refractivity (Wildman–Crippen MR) is 120 cm³/mol. The van der Waals surface area contributed by atoms with E-state index in [1.165, 1.54) is 11.1 Å². The summed E-state index contributed by atoms with van der Waals surface area (Å²) in [6.45, 7) is 10.2. The Balaban J connectivity index is 0.00000196. The van der Waals surface area contributed by atoms with Crippen molar-refractivity contribution in [3.8, 4) is 5.75 Å². The summed E-state index contributed by atoms with van der Waals surface area (Å²) >= 11 is 0. The van der Waals surface area contributed by atoms with Gasteiger partial charge >= 0.3 is 0 Å². The van der Waals surface area contributed by atoms with Gasteiger partial charge in [-0.05, 0) is 36.6 Å². The molecular formula is C22H32Cl2N2O2. The molecule has 1 fully saturated rings. The number of hydrogen-bond donors (Lipinski definition) is 1. The van der Waals surface area contributed by atoms with E-state index in [2.05, 4.69) is 60.0 Å². The number of β-amino-alcohol motifs (C(OH)–C–C–N with tert-alkyl or cyclic N) is 1. The van der Waals surface area contributed by atoms with Crippen LogP contribution in [-0.2, 0) is 6.54 Å². The van der Waals surface area contributed by atoms with Crippen molar-refractivity contribution < 1.29 is 9.84 Å². The molecular weight excluding hydrogens is 395 g/mol. The standard InChI is InChI=1S/C22H30N2O2.2ClH/c1-18-7-6-10-22(19(18)2)26-17-21(25)16-24-13-11-23(12-14-24)15-20-8-4-3-5-9-20;;/h3-10,21,25H,11-17H2,1-2H3;2*1H. The minimum atomic E-state index is -0.462. The SMILES string of the molecule is Cc1cccc(OCC(O)CN2CCN(Cc3ccccc3)CC2)c1C.Cl.Cl. The van der Waals surface area contributed by atoms with Crippen LogP contribution in [-0.4, -0.2) is 60.3 Å². The van der Waals surface area contributed by atoms with Crippen molar-refractivity contribution in [1.82, 2.24) is 9.80 Å². The molecule has 1 aliphatic heterocycles. The summed E-state index contributed by atoms with van der Waals surface area (Å²) in [7, 11) is 0. The fourth-order valence-electron chi connectivity index (χ4n) is 3.39. The van der Waals surface area contributed by atoms with Crippen LogP contribution in [0.5, 0.6) is 5.75 Å². The summed E-state index contributed by atoms with van der Waals surface area (Å²) in [5, 5.41) is 10.3. The summed E-state index contributed by atoms with van der Waals surface area (Å²) in [6, 6.07) is 16.7. The van der Waals surface area contributed by atoms with E-state index in [1.54, 1.807) is 0 Å². The largest absolute Gasteiger partial charge is 0.491 e. The van der Waals surface area contributed by atoms with Crippen LogP contribution in [0.1, 0.15) is 16.7 Å². The highest BCUT2D eigenvalue weighted by Crippen LogP contribution is 2.20. The normalized spacial score (nSPS) is 16.0. The molecule has 1 heterocycles. The zero-order valence-electron chi connectivity index (χ0n) is 16.7. The summed E-state index contributed by atoms with van der Waals surface area (Å²) < 4.78 is 5.83. The van der Waals surface area contributed by atoms with Gasteiger partial charge in [-0.1, -0.05) is 42.5 Å². The number of aliphatic hydroxyl groups excluding tert-OH is 1. The highest BCUT2D eigenvalue weighted by Gasteiger charge is 2.19. The van der Waals surface area contributed by atoms with Crippen LogP contribution in [0.4, 0.5) is 0 Å². The molecule has 156 valence electrons. The number of rotatable bonds is 7. The number of halogens is 2. The Labute approximate surface area is 181 Å². The number of piperazine rings is 1. The smallest absolute Gasteiger partial charge is 0.122 e. The third kappa shape index (κ3) is 7.26. The highest BCUT2D eigenvalue weighted by molar-refractivity contribution is 5.85. The molecule has 0 bridgehead atoms. The topological polar surface area (TPSA) is 35.9 Å². The van der Waals surface area contributed by atoms with E-state index in [0.29, 0.717) is 13.2 Å². The van der Waals surface area contributed by atoms with Crippen molar-refractivity contribution >= 4 is 24.8 Å². The molecule has 1 saturated heterocycles. The first-order valence-corrected chi connectivity index (χ1v) is 9.47. The van der Waals surface area contributed by atoms with Crippen molar-refractivity contribution in [2.24, 2.45) is 0 Å². The Morgan fingerprint density at radius 1 is 0.893 bits per heavy atom. The van der Waals surface area contributed by atoms with E-state index in [0.717, 1.165) is 44.0 Å². The first-order chi connectivity index (χ1) is 12.6. The Hall–Kier alpha value is -1.30. The average molecular weight is 427 g/mol. The molecule has 3 rings (SSSR count). The lowest BCUT2D eigenvalue weighted by Crippen LogP contribution is -2.48. The maximum Gasteiger partial charge on any atom is 0.122 e. The van der Waals surface area contributed by atoms with Crippen LogP contribution in [0.25, 0.3) is 0 Å². The van der Waals surface area contributed by atoms with Crippen LogP contribution in [0.2, 0.25) is 0 Å². The quantitative estimate of drug-likeness (QED) is 0.731. The lowest BCUT2D eigenvalue weighted by Gasteiger charge is -2.35. The van der Waals surface area contributed by atoms with Gasteiger partial charge in [-0.15, -0.1) is 24.8 Å². The zero-order chi connectivity index (χ0) is 18.4. The molecule has 28 heavy (non-hydrogen) atoms. The molecule has 0 radical (unpaired) electrons. The third-order valence-corrected chi connectivity index (χ3v) is 5.17. The lowest BCUT2D eigenvalue weighted by molar-refractivity contribution is 0.0444. The second-order valence-corrected chi connectivity index (χ2v) is 7.23. The maximum absolute atomic E-state index is 10.3. The Morgan fingerprint density at radius 3 is 2.21 bits per heavy atom. The molecule has 0 amide bonds. The molecule has 1 aliphatic rings. The van der Waals surface area contributed by atoms with Crippen LogP contribution >= 0.6 is 24.8 Å². The van der Waals surface area contributed by atoms with Gasteiger partial charge in [0, 0.05) is 39.3 Å². The fraction of sp³-hybridized carbons (Fsp3) is 0.455. The minimum absolute atomic E-state index is 0. The van der Waals surface area contributed by atoms with E-state index >= 15 is 0 Å². The molecule has 2 aromatic rings. The molecule has 4 nitrogen and oxygen atoms in total. The van der Waals surface area contributed by atoms with Gasteiger partial charge < -0.3 is 9.84 Å². The molecule has 0 spiro atoms. The summed E-state index contributed by atoms with van der Waals surface area (Å²) in [6.07, 6.45) is -0.462. The van der Waals surface area contributed by atoms with Gasteiger partial charge in [0.05, 0.1) is 0 Å². The monoisotopic (exact) mass is 426 g/mol. The average Bonchev–Trinajstić information content (AvgIpc) is 2.65. The van der Waals surface area contributed by atoms with E-state index < -0.39 is 6.10 Å². The van der Waals surface area contributed by atoms with Gasteiger partial charge in [0.25, 0.3) is 0 Å². The third-order valence-electron chi connectivity index (χ3n) is 5.17. The van der Waals surface area contributed by atoms with Crippen molar-refractivity contribution in [3.63, 3.8) is 0 Å². The van der Waals surface area contributed by atoms with Crippen molar-refractivity contribution in [2.45, 2.75) is 26.5 Å². The van der Waals surface area contributed by atoms with Gasteiger partial charge in [-0.3, -0.25) is 9.80 Å². The number of aliphatic hydroxyl groups is 1. The number of ether oxygens (including phenoxy) is 1. The van der Waals surface area contributed by atoms with E-state index in [-0.39, 0.29) is 24.8 Å². The molecule has 1 atom stereocenters. The van der Waals surface area contributed by atoms with Crippen LogP contribution in [0.3, 0.4) is 0 Å². The van der Waals surface area contributed by atoms with Gasteiger partial charge in [-0.2, -0.15) is 0 Å². The number of hydrogen-bond acceptors (Lipinski definition) is 4. The summed E-state index contributed by atoms with van der Waals surface area (Å²) in [5.41, 5.74) is 3.73. The summed E-state index contributed by atoms with van der Waals surface area (Å²) in [4.78, 5) is 4.81. The van der Waals surface area contributed by atoms with Gasteiger partial charge in [-0.25, -0.2) is 0 Å².